The lowest BCUT2D eigenvalue weighted by Crippen LogP contribution is -2.15. The van der Waals surface area contributed by atoms with E-state index in [4.69, 9.17) is 10.8 Å². The van der Waals surface area contributed by atoms with Crippen LogP contribution in [0.3, 0.4) is 0 Å². The van der Waals surface area contributed by atoms with Crippen LogP contribution >= 0.6 is 0 Å². The first-order chi connectivity index (χ1) is 3.29. The maximum Gasteiger partial charge on any atom is 0.0555 e. The smallest absolute Gasteiger partial charge is 0.0555 e. The van der Waals surface area contributed by atoms with Gasteiger partial charge in [-0.3, -0.25) is 0 Å². The fraction of sp³-hybridized carbons (Fsp3) is 1.00. The molecule has 42 valence electrons. The molecule has 0 saturated heterocycles. The fourth-order valence-corrected chi connectivity index (χ4v) is 0.992. The van der Waals surface area contributed by atoms with Crippen molar-refractivity contribution in [3.63, 3.8) is 0 Å². The van der Waals surface area contributed by atoms with E-state index in [9.17, 15) is 0 Å². The monoisotopic (exact) mass is 101 g/mol. The summed E-state index contributed by atoms with van der Waals surface area (Å²) in [5.74, 6) is 0. The number of hydrogen-bond donors (Lipinski definition) is 2. The Kier molecular flexibility index (Phi) is 1.30. The number of aliphatic hydroxyl groups is 1. The Hall–Kier alpha value is -0.0800. The zero-order chi connectivity index (χ0) is 5.28. The van der Waals surface area contributed by atoms with Gasteiger partial charge in [0.25, 0.3) is 0 Å². The minimum atomic E-state index is -0.102. The molecule has 1 aliphatic rings. The fourth-order valence-electron chi connectivity index (χ4n) is 0.992. The molecule has 0 aromatic carbocycles. The highest BCUT2D eigenvalue weighted by atomic mass is 16.3. The second-order valence-electron chi connectivity index (χ2n) is 2.23. The summed E-state index contributed by atoms with van der Waals surface area (Å²) in [4.78, 5) is 0. The molecule has 0 amide bonds. The van der Waals surface area contributed by atoms with E-state index < -0.39 is 0 Å². The van der Waals surface area contributed by atoms with Gasteiger partial charge in [-0.1, -0.05) is 0 Å². The van der Waals surface area contributed by atoms with E-state index >= 15 is 0 Å². The van der Waals surface area contributed by atoms with E-state index in [-0.39, 0.29) is 12.1 Å². The third-order valence-corrected chi connectivity index (χ3v) is 1.45. The van der Waals surface area contributed by atoms with Crippen LogP contribution in [0, 0.1) is 0 Å². The van der Waals surface area contributed by atoms with Crippen LogP contribution in [0.4, 0.5) is 0 Å². The Balaban J connectivity index is 2.26. The number of aliphatic hydroxyl groups excluding tert-OH is 1. The van der Waals surface area contributed by atoms with E-state index in [2.05, 4.69) is 0 Å². The Morgan fingerprint density at radius 2 is 2.14 bits per heavy atom. The van der Waals surface area contributed by atoms with Crippen molar-refractivity contribution >= 4 is 0 Å². The molecule has 0 spiro atoms. The molecule has 1 saturated carbocycles. The molecule has 0 bridgehead atoms. The molecule has 1 unspecified atom stereocenters. The third kappa shape index (κ3) is 1.14. The summed E-state index contributed by atoms with van der Waals surface area (Å²) in [5.41, 5.74) is 5.47. The van der Waals surface area contributed by atoms with Gasteiger partial charge >= 0.3 is 0 Å². The van der Waals surface area contributed by atoms with Gasteiger partial charge in [0.05, 0.1) is 6.10 Å². The molecule has 2 nitrogen and oxygen atoms in total. The lowest BCUT2D eigenvalue weighted by molar-refractivity contribution is 0.181. The van der Waals surface area contributed by atoms with Crippen molar-refractivity contribution in [3.8, 4) is 0 Å². The average Bonchev–Trinajstić information content (AvgIpc) is 1.87. The van der Waals surface area contributed by atoms with Gasteiger partial charge in [0.1, 0.15) is 0 Å². The molecule has 1 rings (SSSR count). The second kappa shape index (κ2) is 1.80. The van der Waals surface area contributed by atoms with E-state index in [1.54, 1.807) is 0 Å². The van der Waals surface area contributed by atoms with E-state index in [1.165, 1.54) is 0 Å². The highest BCUT2D eigenvalue weighted by molar-refractivity contribution is 4.76. The summed E-state index contributed by atoms with van der Waals surface area (Å²) in [6.07, 6.45) is 2.61. The second-order valence-corrected chi connectivity index (χ2v) is 2.23. The number of rotatable bonds is 0. The van der Waals surface area contributed by atoms with Crippen LogP contribution in [-0.2, 0) is 0 Å². The Labute approximate surface area is 43.3 Å². The summed E-state index contributed by atoms with van der Waals surface area (Å²) >= 11 is 0. The van der Waals surface area contributed by atoms with Gasteiger partial charge < -0.3 is 10.8 Å². The van der Waals surface area contributed by atoms with E-state index in [0.29, 0.717) is 0 Å². The first-order valence-corrected chi connectivity index (χ1v) is 2.72. The maximum absolute atomic E-state index is 8.82. The van der Waals surface area contributed by atoms with Crippen molar-refractivity contribution in [2.45, 2.75) is 31.4 Å². The predicted molar refractivity (Wildman–Crippen MR) is 27.8 cm³/mol. The summed E-state index contributed by atoms with van der Waals surface area (Å²) in [6.45, 7) is 0. The SMILES string of the molecule is NC1CC[C@@H](O)C1. The van der Waals surface area contributed by atoms with Crippen LogP contribution in [0.15, 0.2) is 0 Å². The van der Waals surface area contributed by atoms with E-state index in [0.717, 1.165) is 19.3 Å². The predicted octanol–water partition coefficient (Wildman–Crippen LogP) is -0.142. The molecule has 0 radical (unpaired) electrons. The third-order valence-electron chi connectivity index (χ3n) is 1.45. The van der Waals surface area contributed by atoms with Crippen LogP contribution < -0.4 is 5.73 Å². The zero-order valence-corrected chi connectivity index (χ0v) is 4.30. The molecule has 2 heteroatoms. The number of hydrogen-bond acceptors (Lipinski definition) is 2. The highest BCUT2D eigenvalue weighted by Gasteiger charge is 2.18. The lowest BCUT2D eigenvalue weighted by Gasteiger charge is -1.96. The van der Waals surface area contributed by atoms with Crippen molar-refractivity contribution in [2.24, 2.45) is 5.73 Å². The van der Waals surface area contributed by atoms with Crippen LogP contribution in [0.2, 0.25) is 0 Å². The highest BCUT2D eigenvalue weighted by Crippen LogP contribution is 2.15. The molecule has 1 fully saturated rings. The van der Waals surface area contributed by atoms with Crippen molar-refractivity contribution in [1.82, 2.24) is 0 Å². The minimum absolute atomic E-state index is 0.102. The lowest BCUT2D eigenvalue weighted by atomic mass is 10.3. The van der Waals surface area contributed by atoms with Crippen molar-refractivity contribution < 1.29 is 5.11 Å². The topological polar surface area (TPSA) is 46.2 Å². The van der Waals surface area contributed by atoms with Crippen LogP contribution in [-0.4, -0.2) is 17.3 Å². The summed E-state index contributed by atoms with van der Waals surface area (Å²) in [6, 6.07) is 0.273. The summed E-state index contributed by atoms with van der Waals surface area (Å²) in [5, 5.41) is 8.82. The van der Waals surface area contributed by atoms with Crippen LogP contribution in [0.1, 0.15) is 19.3 Å². The molecule has 7 heavy (non-hydrogen) atoms. The first-order valence-electron chi connectivity index (χ1n) is 2.72. The van der Waals surface area contributed by atoms with Gasteiger partial charge in [-0.25, -0.2) is 0 Å². The molecular formula is C5H11NO. The van der Waals surface area contributed by atoms with Gasteiger partial charge in [0.2, 0.25) is 0 Å². The Morgan fingerprint density at radius 1 is 1.43 bits per heavy atom. The molecule has 3 N–H and O–H groups in total. The van der Waals surface area contributed by atoms with Gasteiger partial charge in [-0.15, -0.1) is 0 Å². The summed E-state index contributed by atoms with van der Waals surface area (Å²) in [7, 11) is 0. The molecule has 0 aromatic rings. The average molecular weight is 101 g/mol. The standard InChI is InChI=1S/C5H11NO/c6-4-1-2-5(7)3-4/h4-5,7H,1-3,6H2/t4?,5-/m1/s1. The number of nitrogens with two attached hydrogens (primary N) is 1. The maximum atomic E-state index is 8.82. The van der Waals surface area contributed by atoms with Gasteiger partial charge in [0.15, 0.2) is 0 Å². The molecule has 2 atom stereocenters. The first kappa shape index (κ1) is 5.06. The van der Waals surface area contributed by atoms with Crippen molar-refractivity contribution in [2.75, 3.05) is 0 Å². The summed E-state index contributed by atoms with van der Waals surface area (Å²) < 4.78 is 0. The van der Waals surface area contributed by atoms with Crippen LogP contribution in [0.5, 0.6) is 0 Å². The van der Waals surface area contributed by atoms with Gasteiger partial charge in [0, 0.05) is 6.04 Å². The zero-order valence-electron chi connectivity index (χ0n) is 4.30. The normalized spacial score (nSPS) is 42.0. The largest absolute Gasteiger partial charge is 0.393 e. The Bertz CT molecular complexity index is 57.1. The van der Waals surface area contributed by atoms with Gasteiger partial charge in [-0.2, -0.15) is 0 Å². The minimum Gasteiger partial charge on any atom is -0.393 e. The van der Waals surface area contributed by atoms with Crippen molar-refractivity contribution in [3.05, 3.63) is 0 Å². The van der Waals surface area contributed by atoms with Crippen LogP contribution in [0.25, 0.3) is 0 Å². The molecule has 0 heterocycles. The van der Waals surface area contributed by atoms with Crippen molar-refractivity contribution in [1.29, 1.82) is 0 Å². The quantitative estimate of drug-likeness (QED) is 0.446. The Morgan fingerprint density at radius 3 is 2.29 bits per heavy atom. The molecular weight excluding hydrogens is 90.1 g/mol. The molecule has 1 aliphatic carbocycles. The molecule has 0 aromatic heterocycles. The van der Waals surface area contributed by atoms with E-state index in [1.807, 2.05) is 0 Å². The van der Waals surface area contributed by atoms with Gasteiger partial charge in [-0.05, 0) is 19.3 Å². The molecule has 0 aliphatic heterocycles.